The molecular weight excluding hydrogens is 248 g/mol. The minimum absolute atomic E-state index is 0.674. The second kappa shape index (κ2) is 6.35. The first kappa shape index (κ1) is 12.8. The monoisotopic (exact) mass is 262 g/mol. The summed E-state index contributed by atoms with van der Waals surface area (Å²) < 4.78 is 5.11. The van der Waals surface area contributed by atoms with Crippen molar-refractivity contribution in [2.45, 2.75) is 30.4 Å². The fraction of sp³-hybridized carbons (Fsp3) is 0.308. The van der Waals surface area contributed by atoms with Crippen LogP contribution >= 0.6 is 11.8 Å². The summed E-state index contributed by atoms with van der Waals surface area (Å²) in [5.41, 5.74) is 0.684. The molecule has 0 aliphatic carbocycles. The third-order valence-corrected chi connectivity index (χ3v) is 3.37. The Hall–Kier alpha value is -1.62. The molecule has 2 rings (SSSR count). The van der Waals surface area contributed by atoms with E-state index >= 15 is 0 Å². The molecule has 0 atom stereocenters. The summed E-state index contributed by atoms with van der Waals surface area (Å²) in [6.07, 6.45) is 2.66. The number of rotatable bonds is 6. The second-order valence-electron chi connectivity index (χ2n) is 3.83. The summed E-state index contributed by atoms with van der Waals surface area (Å²) in [4.78, 5) is 15.9. The van der Waals surface area contributed by atoms with E-state index in [1.807, 2.05) is 12.1 Å². The minimum atomic E-state index is 0.674. The number of hydrogen-bond donors (Lipinski definition) is 0. The zero-order valence-corrected chi connectivity index (χ0v) is 10.9. The molecule has 0 amide bonds. The first-order chi connectivity index (χ1) is 8.81. The highest BCUT2D eigenvalue weighted by Gasteiger charge is 2.05. The van der Waals surface area contributed by atoms with Crippen molar-refractivity contribution in [3.63, 3.8) is 0 Å². The summed E-state index contributed by atoms with van der Waals surface area (Å²) in [6, 6.07) is 7.44. The number of carbonyl (C=O) groups excluding carboxylic acids is 1. The number of thioether (sulfide) groups is 1. The fourth-order valence-electron chi connectivity index (χ4n) is 1.45. The highest BCUT2D eigenvalue weighted by atomic mass is 32.2. The molecule has 1 aromatic heterocycles. The molecular formula is C13H14N2O2S. The van der Waals surface area contributed by atoms with Gasteiger partial charge in [0.05, 0.1) is 5.75 Å². The third-order valence-electron chi connectivity index (χ3n) is 2.36. The van der Waals surface area contributed by atoms with Crippen LogP contribution in [0.25, 0.3) is 0 Å². The summed E-state index contributed by atoms with van der Waals surface area (Å²) in [5.74, 6) is 2.08. The molecule has 0 N–H and O–H groups in total. The van der Waals surface area contributed by atoms with E-state index in [0.29, 0.717) is 23.0 Å². The van der Waals surface area contributed by atoms with Gasteiger partial charge in [0.15, 0.2) is 5.82 Å². The van der Waals surface area contributed by atoms with Crippen molar-refractivity contribution in [2.24, 2.45) is 0 Å². The maximum atomic E-state index is 10.5. The number of benzene rings is 1. The summed E-state index contributed by atoms with van der Waals surface area (Å²) in [7, 11) is 0. The van der Waals surface area contributed by atoms with Crippen LogP contribution in [0.3, 0.4) is 0 Å². The molecule has 0 bridgehead atoms. The second-order valence-corrected chi connectivity index (χ2v) is 4.88. The molecule has 0 saturated heterocycles. The van der Waals surface area contributed by atoms with Crippen molar-refractivity contribution in [2.75, 3.05) is 0 Å². The Morgan fingerprint density at radius 1 is 1.33 bits per heavy atom. The Morgan fingerprint density at radius 3 is 2.78 bits per heavy atom. The van der Waals surface area contributed by atoms with Crippen LogP contribution in [-0.2, 0) is 12.2 Å². The van der Waals surface area contributed by atoms with Crippen molar-refractivity contribution in [1.82, 2.24) is 10.1 Å². The van der Waals surface area contributed by atoms with Gasteiger partial charge in [-0.25, -0.2) is 0 Å². The Bertz CT molecular complexity index is 508. The largest absolute Gasteiger partial charge is 0.339 e. The van der Waals surface area contributed by atoms with Crippen LogP contribution in [0.15, 0.2) is 33.7 Å². The number of carbonyl (C=O) groups is 1. The van der Waals surface area contributed by atoms with Crippen LogP contribution in [0.1, 0.15) is 35.4 Å². The van der Waals surface area contributed by atoms with Gasteiger partial charge in [-0.3, -0.25) is 4.79 Å². The van der Waals surface area contributed by atoms with Crippen molar-refractivity contribution < 1.29 is 9.32 Å². The molecule has 0 fully saturated rings. The molecule has 0 aliphatic rings. The predicted octanol–water partition coefficient (Wildman–Crippen LogP) is 3.13. The average Bonchev–Trinajstić information content (AvgIpc) is 2.85. The van der Waals surface area contributed by atoms with E-state index in [9.17, 15) is 4.79 Å². The molecule has 0 radical (unpaired) electrons. The maximum absolute atomic E-state index is 10.5. The minimum Gasteiger partial charge on any atom is -0.339 e. The van der Waals surface area contributed by atoms with Crippen molar-refractivity contribution >= 4 is 18.0 Å². The number of aldehydes is 1. The molecule has 94 valence electrons. The van der Waals surface area contributed by atoms with Gasteiger partial charge in [-0.05, 0) is 18.6 Å². The van der Waals surface area contributed by atoms with E-state index in [1.165, 1.54) is 0 Å². The lowest BCUT2D eigenvalue weighted by atomic mass is 10.2. The van der Waals surface area contributed by atoms with Gasteiger partial charge in [-0.15, -0.1) is 11.8 Å². The SMILES string of the molecule is CCCc1nc(CSc2ccc(C=O)cc2)no1. The lowest BCUT2D eigenvalue weighted by molar-refractivity contribution is 0.112. The molecule has 2 aromatic rings. The van der Waals surface area contributed by atoms with Crippen molar-refractivity contribution in [3.8, 4) is 0 Å². The Balaban J connectivity index is 1.91. The van der Waals surface area contributed by atoms with E-state index in [4.69, 9.17) is 4.52 Å². The standard InChI is InChI=1S/C13H14N2O2S/c1-2-3-13-14-12(15-17-13)9-18-11-6-4-10(8-16)5-7-11/h4-8H,2-3,9H2,1H3. The number of nitrogens with zero attached hydrogens (tertiary/aromatic N) is 2. The summed E-state index contributed by atoms with van der Waals surface area (Å²) >= 11 is 1.62. The van der Waals surface area contributed by atoms with Crippen LogP contribution in [0.4, 0.5) is 0 Å². The van der Waals surface area contributed by atoms with Gasteiger partial charge in [0.1, 0.15) is 6.29 Å². The lowest BCUT2D eigenvalue weighted by Gasteiger charge is -1.98. The molecule has 1 heterocycles. The highest BCUT2D eigenvalue weighted by molar-refractivity contribution is 7.98. The van der Waals surface area contributed by atoms with E-state index in [1.54, 1.807) is 23.9 Å². The molecule has 18 heavy (non-hydrogen) atoms. The number of hydrogen-bond acceptors (Lipinski definition) is 5. The average molecular weight is 262 g/mol. The molecule has 1 aromatic carbocycles. The maximum Gasteiger partial charge on any atom is 0.226 e. The smallest absolute Gasteiger partial charge is 0.226 e. The first-order valence-corrected chi connectivity index (χ1v) is 6.80. The Morgan fingerprint density at radius 2 is 2.11 bits per heavy atom. The van der Waals surface area contributed by atoms with Crippen molar-refractivity contribution in [1.29, 1.82) is 0 Å². The van der Waals surface area contributed by atoms with E-state index in [2.05, 4.69) is 17.1 Å². The number of aromatic nitrogens is 2. The molecule has 5 heteroatoms. The number of aryl methyl sites for hydroxylation is 1. The van der Waals surface area contributed by atoms with Crippen LogP contribution in [0.2, 0.25) is 0 Å². The van der Waals surface area contributed by atoms with Gasteiger partial charge in [-0.2, -0.15) is 4.98 Å². The van der Waals surface area contributed by atoms with Gasteiger partial charge in [-0.1, -0.05) is 24.2 Å². The molecule has 0 aliphatic heterocycles. The Labute approximate surface area is 110 Å². The zero-order valence-electron chi connectivity index (χ0n) is 10.1. The van der Waals surface area contributed by atoms with Crippen LogP contribution in [0, 0.1) is 0 Å². The van der Waals surface area contributed by atoms with Gasteiger partial charge in [0.2, 0.25) is 5.89 Å². The lowest BCUT2D eigenvalue weighted by Crippen LogP contribution is -1.86. The van der Waals surface area contributed by atoms with Crippen molar-refractivity contribution in [3.05, 3.63) is 41.5 Å². The first-order valence-electron chi connectivity index (χ1n) is 5.81. The molecule has 4 nitrogen and oxygen atoms in total. The predicted molar refractivity (Wildman–Crippen MR) is 69.7 cm³/mol. The summed E-state index contributed by atoms with van der Waals surface area (Å²) in [6.45, 7) is 2.08. The van der Waals surface area contributed by atoms with Gasteiger partial charge < -0.3 is 4.52 Å². The highest BCUT2D eigenvalue weighted by Crippen LogP contribution is 2.21. The molecule has 0 saturated carbocycles. The quantitative estimate of drug-likeness (QED) is 0.591. The zero-order chi connectivity index (χ0) is 12.8. The van der Waals surface area contributed by atoms with Gasteiger partial charge >= 0.3 is 0 Å². The third kappa shape index (κ3) is 3.43. The molecule has 0 unspecified atom stereocenters. The van der Waals surface area contributed by atoms with E-state index in [0.717, 1.165) is 24.0 Å². The Kier molecular flexibility index (Phi) is 4.52. The normalized spacial score (nSPS) is 10.5. The fourth-order valence-corrected chi connectivity index (χ4v) is 2.20. The van der Waals surface area contributed by atoms with Crippen LogP contribution < -0.4 is 0 Å². The summed E-state index contributed by atoms with van der Waals surface area (Å²) in [5, 5.41) is 3.92. The van der Waals surface area contributed by atoms with Crippen LogP contribution in [0.5, 0.6) is 0 Å². The van der Waals surface area contributed by atoms with Gasteiger partial charge in [0.25, 0.3) is 0 Å². The topological polar surface area (TPSA) is 56.0 Å². The van der Waals surface area contributed by atoms with Gasteiger partial charge in [0, 0.05) is 16.9 Å². The van der Waals surface area contributed by atoms with E-state index < -0.39 is 0 Å². The van der Waals surface area contributed by atoms with E-state index in [-0.39, 0.29) is 0 Å². The molecule has 0 spiro atoms. The van der Waals surface area contributed by atoms with Crippen LogP contribution in [-0.4, -0.2) is 16.4 Å².